The van der Waals surface area contributed by atoms with Gasteiger partial charge in [0.1, 0.15) is 6.04 Å². The first-order valence-electron chi connectivity index (χ1n) is 10.6. The van der Waals surface area contributed by atoms with Crippen molar-refractivity contribution < 1.29 is 19.5 Å². The van der Waals surface area contributed by atoms with Crippen molar-refractivity contribution in [2.45, 2.75) is 72.8 Å². The highest BCUT2D eigenvalue weighted by atomic mass is 32.2. The molecule has 5 N–H and O–H groups in total. The lowest BCUT2D eigenvalue weighted by Crippen LogP contribution is -2.50. The van der Waals surface area contributed by atoms with Crippen molar-refractivity contribution >= 4 is 29.5 Å². The Kier molecular flexibility index (Phi) is 15.5. The summed E-state index contributed by atoms with van der Waals surface area (Å²) in [6.07, 6.45) is 10.6. The van der Waals surface area contributed by atoms with Crippen LogP contribution in [0.15, 0.2) is 34.9 Å². The van der Waals surface area contributed by atoms with Gasteiger partial charge < -0.3 is 10.4 Å². The van der Waals surface area contributed by atoms with E-state index in [2.05, 4.69) is 51.2 Å². The Labute approximate surface area is 191 Å². The Morgan fingerprint density at radius 3 is 2.13 bits per heavy atom. The number of amides is 2. The van der Waals surface area contributed by atoms with Gasteiger partial charge in [-0.05, 0) is 53.4 Å². The van der Waals surface area contributed by atoms with Gasteiger partial charge in [0.25, 0.3) is 5.91 Å². The zero-order valence-electron chi connectivity index (χ0n) is 19.5. The van der Waals surface area contributed by atoms with Gasteiger partial charge >= 0.3 is 5.97 Å². The Morgan fingerprint density at radius 1 is 1.00 bits per heavy atom. The third-order valence-corrected chi connectivity index (χ3v) is 5.64. The monoisotopic (exact) mass is 453 g/mol. The van der Waals surface area contributed by atoms with E-state index in [1.165, 1.54) is 35.4 Å². The van der Waals surface area contributed by atoms with E-state index >= 15 is 0 Å². The van der Waals surface area contributed by atoms with Crippen LogP contribution in [0.25, 0.3) is 0 Å². The number of hydrogen-bond donors (Lipinski definition) is 4. The summed E-state index contributed by atoms with van der Waals surface area (Å²) in [7, 11) is 0. The van der Waals surface area contributed by atoms with Crippen LogP contribution in [0, 0.1) is 5.92 Å². The highest BCUT2D eigenvalue weighted by Crippen LogP contribution is 2.13. The second kappa shape index (κ2) is 16.6. The number of carbonyl (C=O) groups excluding carboxylic acids is 2. The summed E-state index contributed by atoms with van der Waals surface area (Å²) in [6, 6.07) is -0.802. The average Bonchev–Trinajstić information content (AvgIpc) is 2.69. The first-order chi connectivity index (χ1) is 14.6. The molecule has 0 heterocycles. The number of allylic oxidation sites excluding steroid dienone is 5. The van der Waals surface area contributed by atoms with Crippen LogP contribution >= 0.6 is 11.8 Å². The van der Waals surface area contributed by atoms with Crippen LogP contribution in [0.1, 0.15) is 66.7 Å². The molecule has 0 aliphatic rings. The first kappa shape index (κ1) is 28.9. The number of thioether (sulfide) groups is 1. The zero-order chi connectivity index (χ0) is 23.8. The molecule has 0 aliphatic carbocycles. The lowest BCUT2D eigenvalue weighted by atomic mass is 10.1. The second-order valence-electron chi connectivity index (χ2n) is 8.07. The number of nitrogens with one attached hydrogen (secondary N) is 2. The van der Waals surface area contributed by atoms with Gasteiger partial charge in [-0.2, -0.15) is 11.8 Å². The second-order valence-corrected chi connectivity index (χ2v) is 9.14. The maximum absolute atomic E-state index is 12.0. The SMILES string of the molecule is CC(C)=CCCC(C)=CCCC(C)=CCSC[C@H](NC(=O)C[C@H](C)C(=O)O)C(=O)NN. The molecule has 2 atom stereocenters. The van der Waals surface area contributed by atoms with E-state index in [1.807, 2.05) is 5.43 Å². The van der Waals surface area contributed by atoms with Crippen molar-refractivity contribution in [3.8, 4) is 0 Å². The number of carboxylic acids is 1. The number of hydrogen-bond acceptors (Lipinski definition) is 5. The highest BCUT2D eigenvalue weighted by molar-refractivity contribution is 7.99. The molecule has 0 spiro atoms. The fourth-order valence-electron chi connectivity index (χ4n) is 2.63. The Hall–Kier alpha value is -2.06. The molecule has 7 nitrogen and oxygen atoms in total. The van der Waals surface area contributed by atoms with Crippen molar-refractivity contribution in [2.24, 2.45) is 11.8 Å². The summed E-state index contributed by atoms with van der Waals surface area (Å²) in [6.45, 7) is 9.93. The third kappa shape index (κ3) is 15.4. The Bertz CT molecular complexity index is 682. The van der Waals surface area contributed by atoms with E-state index < -0.39 is 29.7 Å². The summed E-state index contributed by atoms with van der Waals surface area (Å²) in [5.74, 6) is 3.41. The van der Waals surface area contributed by atoms with Crippen molar-refractivity contribution in [3.63, 3.8) is 0 Å². The molecule has 0 rings (SSSR count). The maximum Gasteiger partial charge on any atom is 0.306 e. The lowest BCUT2D eigenvalue weighted by Gasteiger charge is -2.17. The molecule has 0 unspecified atom stereocenters. The summed E-state index contributed by atoms with van der Waals surface area (Å²) in [5, 5.41) is 11.5. The van der Waals surface area contributed by atoms with E-state index in [0.717, 1.165) is 25.7 Å². The Morgan fingerprint density at radius 2 is 1.58 bits per heavy atom. The first-order valence-corrected chi connectivity index (χ1v) is 11.8. The molecule has 8 heteroatoms. The summed E-state index contributed by atoms with van der Waals surface area (Å²) in [5.41, 5.74) is 6.08. The van der Waals surface area contributed by atoms with Crippen molar-refractivity contribution in [2.75, 3.05) is 11.5 Å². The fourth-order valence-corrected chi connectivity index (χ4v) is 3.64. The maximum atomic E-state index is 12.0. The van der Waals surface area contributed by atoms with Gasteiger partial charge in [0.05, 0.1) is 5.92 Å². The lowest BCUT2D eigenvalue weighted by molar-refractivity contribution is -0.143. The molecule has 0 saturated carbocycles. The smallest absolute Gasteiger partial charge is 0.306 e. The van der Waals surface area contributed by atoms with Gasteiger partial charge in [-0.3, -0.25) is 19.8 Å². The molecule has 0 aromatic rings. The molecule has 0 aliphatic heterocycles. The molecule has 0 bridgehead atoms. The number of nitrogens with two attached hydrogens (primary N) is 1. The Balaban J connectivity index is 4.40. The molecule has 176 valence electrons. The molecule has 0 radical (unpaired) electrons. The van der Waals surface area contributed by atoms with Gasteiger partial charge in [-0.15, -0.1) is 0 Å². The largest absolute Gasteiger partial charge is 0.481 e. The highest BCUT2D eigenvalue weighted by Gasteiger charge is 2.22. The van der Waals surface area contributed by atoms with Crippen LogP contribution in [0.3, 0.4) is 0 Å². The van der Waals surface area contributed by atoms with Crippen molar-refractivity contribution in [1.82, 2.24) is 10.7 Å². The van der Waals surface area contributed by atoms with E-state index in [9.17, 15) is 14.4 Å². The predicted octanol–water partition coefficient (Wildman–Crippen LogP) is 3.72. The fraction of sp³-hybridized carbons (Fsp3) is 0.609. The van der Waals surface area contributed by atoms with Gasteiger partial charge in [-0.25, -0.2) is 5.84 Å². The van der Waals surface area contributed by atoms with Gasteiger partial charge in [0, 0.05) is 17.9 Å². The molecule has 0 saturated heterocycles. The van der Waals surface area contributed by atoms with Crippen LogP contribution in [-0.2, 0) is 14.4 Å². The van der Waals surface area contributed by atoms with Gasteiger partial charge in [-0.1, -0.05) is 41.9 Å². The van der Waals surface area contributed by atoms with Crippen LogP contribution in [-0.4, -0.2) is 40.4 Å². The molecule has 0 fully saturated rings. The minimum absolute atomic E-state index is 0.186. The van der Waals surface area contributed by atoms with Crippen molar-refractivity contribution in [1.29, 1.82) is 0 Å². The molecule has 2 amide bonds. The summed E-state index contributed by atoms with van der Waals surface area (Å²) in [4.78, 5) is 34.8. The third-order valence-electron chi connectivity index (χ3n) is 4.66. The van der Waals surface area contributed by atoms with Crippen LogP contribution in [0.2, 0.25) is 0 Å². The minimum Gasteiger partial charge on any atom is -0.481 e. The zero-order valence-corrected chi connectivity index (χ0v) is 20.3. The molecular formula is C23H39N3O4S. The number of carboxylic acid groups (broad SMARTS) is 1. The molecule has 0 aromatic heterocycles. The number of hydrazine groups is 1. The van der Waals surface area contributed by atoms with Crippen LogP contribution in [0.4, 0.5) is 0 Å². The number of rotatable bonds is 15. The average molecular weight is 454 g/mol. The summed E-state index contributed by atoms with van der Waals surface area (Å²) >= 11 is 1.51. The van der Waals surface area contributed by atoms with E-state index in [4.69, 9.17) is 10.9 Å². The predicted molar refractivity (Wildman–Crippen MR) is 128 cm³/mol. The van der Waals surface area contributed by atoms with Gasteiger partial charge in [0.2, 0.25) is 5.91 Å². The molecular weight excluding hydrogens is 414 g/mol. The topological polar surface area (TPSA) is 122 Å². The van der Waals surface area contributed by atoms with E-state index in [1.54, 1.807) is 0 Å². The minimum atomic E-state index is -1.05. The van der Waals surface area contributed by atoms with Crippen LogP contribution < -0.4 is 16.6 Å². The molecule has 0 aromatic carbocycles. The quantitative estimate of drug-likeness (QED) is 0.0985. The normalized spacial score (nSPS) is 13.9. The van der Waals surface area contributed by atoms with E-state index in [-0.39, 0.29) is 6.42 Å². The van der Waals surface area contributed by atoms with E-state index in [0.29, 0.717) is 11.5 Å². The van der Waals surface area contributed by atoms with Crippen molar-refractivity contribution in [3.05, 3.63) is 34.9 Å². The van der Waals surface area contributed by atoms with Crippen LogP contribution in [0.5, 0.6) is 0 Å². The molecule has 31 heavy (non-hydrogen) atoms. The number of carbonyl (C=O) groups is 3. The summed E-state index contributed by atoms with van der Waals surface area (Å²) < 4.78 is 0. The van der Waals surface area contributed by atoms with Gasteiger partial charge in [0.15, 0.2) is 0 Å². The standard InChI is InChI=1S/C23H39N3O4S/c1-16(2)8-6-9-17(3)10-7-11-18(4)12-13-31-15-20(22(28)26-24)25-21(27)14-19(5)23(29)30/h8,10,12,19-20H,6-7,9,11,13-15,24H2,1-5H3,(H,25,27)(H,26,28)(H,29,30)/t19-,20-/m0/s1. The number of aliphatic carboxylic acids is 1.